The molecule has 0 fully saturated rings. The van der Waals surface area contributed by atoms with Gasteiger partial charge in [0.2, 0.25) is 0 Å². The molecule has 1 aromatic carbocycles. The van der Waals surface area contributed by atoms with Crippen LogP contribution in [-0.4, -0.2) is 11.5 Å². The van der Waals surface area contributed by atoms with Gasteiger partial charge in [-0.15, -0.1) is 0 Å². The number of nitrogens with one attached hydrogen (secondary N) is 1. The van der Waals surface area contributed by atoms with Gasteiger partial charge in [-0.3, -0.25) is 4.98 Å². The molecule has 2 aromatic rings. The molecule has 0 unspecified atom stereocenters. The Hall–Kier alpha value is -1.38. The third-order valence-corrected chi connectivity index (χ3v) is 3.58. The van der Waals surface area contributed by atoms with E-state index >= 15 is 0 Å². The summed E-state index contributed by atoms with van der Waals surface area (Å²) in [6.07, 6.45) is 3.76. The Morgan fingerprint density at radius 1 is 1.11 bits per heavy atom. The zero-order valence-corrected chi connectivity index (χ0v) is 12.4. The number of aromatic nitrogens is 1. The van der Waals surface area contributed by atoms with E-state index < -0.39 is 0 Å². The van der Waals surface area contributed by atoms with E-state index in [1.54, 1.807) is 0 Å². The predicted molar refractivity (Wildman–Crippen MR) is 81.5 cm³/mol. The SMILES string of the molecule is CCNCc1cncc(-c2cc(C)c(C)cc2Cl)c1. The molecule has 3 heteroatoms. The highest BCUT2D eigenvalue weighted by molar-refractivity contribution is 6.33. The lowest BCUT2D eigenvalue weighted by atomic mass is 10.0. The molecule has 0 aliphatic rings. The average Bonchev–Trinajstić information content (AvgIpc) is 2.41. The predicted octanol–water partition coefficient (Wildman–Crippen LogP) is 4.13. The van der Waals surface area contributed by atoms with Gasteiger partial charge >= 0.3 is 0 Å². The van der Waals surface area contributed by atoms with E-state index in [9.17, 15) is 0 Å². The van der Waals surface area contributed by atoms with Gasteiger partial charge < -0.3 is 5.32 Å². The van der Waals surface area contributed by atoms with Crippen molar-refractivity contribution in [2.45, 2.75) is 27.3 Å². The van der Waals surface area contributed by atoms with Crippen molar-refractivity contribution in [3.05, 3.63) is 52.3 Å². The number of hydrogen-bond acceptors (Lipinski definition) is 2. The molecule has 0 atom stereocenters. The quantitative estimate of drug-likeness (QED) is 0.907. The summed E-state index contributed by atoms with van der Waals surface area (Å²) in [5, 5.41) is 4.09. The van der Waals surface area contributed by atoms with Crippen molar-refractivity contribution in [3.63, 3.8) is 0 Å². The third-order valence-electron chi connectivity index (χ3n) is 3.27. The van der Waals surface area contributed by atoms with Gasteiger partial charge in [0.05, 0.1) is 0 Å². The van der Waals surface area contributed by atoms with Crippen molar-refractivity contribution in [2.24, 2.45) is 0 Å². The maximum Gasteiger partial charge on any atom is 0.0487 e. The van der Waals surface area contributed by atoms with Gasteiger partial charge in [-0.1, -0.05) is 18.5 Å². The van der Waals surface area contributed by atoms with Crippen LogP contribution in [0.1, 0.15) is 23.6 Å². The van der Waals surface area contributed by atoms with E-state index in [1.807, 2.05) is 18.5 Å². The second-order valence-corrected chi connectivity index (χ2v) is 5.19. The molecule has 1 N–H and O–H groups in total. The zero-order valence-electron chi connectivity index (χ0n) is 11.6. The van der Waals surface area contributed by atoms with Gasteiger partial charge in [0, 0.05) is 35.1 Å². The lowest BCUT2D eigenvalue weighted by Gasteiger charge is -2.10. The van der Waals surface area contributed by atoms with E-state index in [0.717, 1.165) is 29.2 Å². The number of aryl methyl sites for hydroxylation is 2. The van der Waals surface area contributed by atoms with Crippen LogP contribution in [-0.2, 0) is 6.54 Å². The first-order valence-electron chi connectivity index (χ1n) is 6.53. The number of nitrogens with zero attached hydrogens (tertiary/aromatic N) is 1. The van der Waals surface area contributed by atoms with Crippen LogP contribution < -0.4 is 5.32 Å². The van der Waals surface area contributed by atoms with Gasteiger partial charge in [0.25, 0.3) is 0 Å². The summed E-state index contributed by atoms with van der Waals surface area (Å²) in [6.45, 7) is 8.06. The maximum absolute atomic E-state index is 6.35. The molecule has 0 aliphatic carbocycles. The summed E-state index contributed by atoms with van der Waals surface area (Å²) >= 11 is 6.35. The highest BCUT2D eigenvalue weighted by atomic mass is 35.5. The Bertz CT molecular complexity index is 579. The van der Waals surface area contributed by atoms with Crippen LogP contribution in [0.5, 0.6) is 0 Å². The molecule has 1 aromatic heterocycles. The topological polar surface area (TPSA) is 24.9 Å². The Balaban J connectivity index is 2.38. The van der Waals surface area contributed by atoms with Gasteiger partial charge in [-0.05, 0) is 55.3 Å². The highest BCUT2D eigenvalue weighted by Crippen LogP contribution is 2.30. The number of halogens is 1. The average molecular weight is 275 g/mol. The van der Waals surface area contributed by atoms with Crippen LogP contribution in [0.3, 0.4) is 0 Å². The molecule has 0 aliphatic heterocycles. The number of hydrogen-bond donors (Lipinski definition) is 1. The van der Waals surface area contributed by atoms with E-state index in [1.165, 1.54) is 16.7 Å². The molecular formula is C16H19ClN2. The molecule has 1 heterocycles. The summed E-state index contributed by atoms with van der Waals surface area (Å²) in [5.74, 6) is 0. The lowest BCUT2D eigenvalue weighted by molar-refractivity contribution is 0.724. The molecule has 0 saturated heterocycles. The van der Waals surface area contributed by atoms with Crippen LogP contribution in [0.15, 0.2) is 30.6 Å². The fourth-order valence-corrected chi connectivity index (χ4v) is 2.33. The number of rotatable bonds is 4. The Kier molecular flexibility index (Phi) is 4.56. The number of benzene rings is 1. The van der Waals surface area contributed by atoms with Gasteiger partial charge in [-0.2, -0.15) is 0 Å². The first-order chi connectivity index (χ1) is 9.11. The first kappa shape index (κ1) is 14.0. The molecule has 0 amide bonds. The van der Waals surface area contributed by atoms with Crippen LogP contribution in [0.2, 0.25) is 5.02 Å². The summed E-state index contributed by atoms with van der Waals surface area (Å²) < 4.78 is 0. The molecule has 2 rings (SSSR count). The molecule has 100 valence electrons. The van der Waals surface area contributed by atoms with Crippen molar-refractivity contribution < 1.29 is 0 Å². The Morgan fingerprint density at radius 2 is 1.84 bits per heavy atom. The van der Waals surface area contributed by atoms with Crippen molar-refractivity contribution in [3.8, 4) is 11.1 Å². The fraction of sp³-hybridized carbons (Fsp3) is 0.312. The van der Waals surface area contributed by atoms with E-state index in [0.29, 0.717) is 0 Å². The van der Waals surface area contributed by atoms with Crippen molar-refractivity contribution >= 4 is 11.6 Å². The van der Waals surface area contributed by atoms with Crippen LogP contribution in [0.25, 0.3) is 11.1 Å². The van der Waals surface area contributed by atoms with Crippen molar-refractivity contribution in [1.82, 2.24) is 10.3 Å². The first-order valence-corrected chi connectivity index (χ1v) is 6.91. The summed E-state index contributed by atoms with van der Waals surface area (Å²) in [4.78, 5) is 4.31. The Labute approximate surface area is 119 Å². The minimum absolute atomic E-state index is 0.783. The number of pyridine rings is 1. The highest BCUT2D eigenvalue weighted by Gasteiger charge is 2.07. The largest absolute Gasteiger partial charge is 0.313 e. The monoisotopic (exact) mass is 274 g/mol. The smallest absolute Gasteiger partial charge is 0.0487 e. The van der Waals surface area contributed by atoms with Crippen LogP contribution >= 0.6 is 11.6 Å². The molecular weight excluding hydrogens is 256 g/mol. The van der Waals surface area contributed by atoms with E-state index in [2.05, 4.69) is 43.2 Å². The minimum Gasteiger partial charge on any atom is -0.313 e. The third kappa shape index (κ3) is 3.34. The van der Waals surface area contributed by atoms with Gasteiger partial charge in [0.15, 0.2) is 0 Å². The van der Waals surface area contributed by atoms with Crippen molar-refractivity contribution in [2.75, 3.05) is 6.54 Å². The molecule has 0 saturated carbocycles. The minimum atomic E-state index is 0.783. The summed E-state index contributed by atoms with van der Waals surface area (Å²) in [7, 11) is 0. The normalized spacial score (nSPS) is 10.7. The zero-order chi connectivity index (χ0) is 13.8. The molecule has 0 radical (unpaired) electrons. The van der Waals surface area contributed by atoms with Crippen LogP contribution in [0.4, 0.5) is 0 Å². The summed E-state index contributed by atoms with van der Waals surface area (Å²) in [5.41, 5.74) is 5.76. The maximum atomic E-state index is 6.35. The fourth-order valence-electron chi connectivity index (χ4n) is 2.00. The van der Waals surface area contributed by atoms with Crippen molar-refractivity contribution in [1.29, 1.82) is 0 Å². The van der Waals surface area contributed by atoms with Crippen LogP contribution in [0, 0.1) is 13.8 Å². The van der Waals surface area contributed by atoms with E-state index in [4.69, 9.17) is 11.6 Å². The summed E-state index contributed by atoms with van der Waals surface area (Å²) in [6, 6.07) is 6.29. The van der Waals surface area contributed by atoms with Gasteiger partial charge in [-0.25, -0.2) is 0 Å². The molecule has 0 spiro atoms. The Morgan fingerprint density at radius 3 is 2.58 bits per heavy atom. The molecule has 19 heavy (non-hydrogen) atoms. The molecule has 0 bridgehead atoms. The second-order valence-electron chi connectivity index (χ2n) is 4.78. The second kappa shape index (κ2) is 6.18. The standard InChI is InChI=1S/C16H19ClN2/c1-4-18-8-13-7-14(10-19-9-13)15-5-11(2)12(3)6-16(15)17/h5-7,9-10,18H,4,8H2,1-3H3. The van der Waals surface area contributed by atoms with Gasteiger partial charge in [0.1, 0.15) is 0 Å². The van der Waals surface area contributed by atoms with E-state index in [-0.39, 0.29) is 0 Å². The molecule has 2 nitrogen and oxygen atoms in total. The lowest BCUT2D eigenvalue weighted by Crippen LogP contribution is -2.11.